The standard InChI is InChI=1S/C39H48N4O5/c1-3-4-27-5-11-30(12-6-27)31-15-17-32(18-16-31)34-22-41-39(42-23-34)33-13-7-29(8-14-33)25-43(26-38(46)47)37(45)24-40-36(44)21-28-9-19-35(48-2)20-10-28/h7-10,13-14,17,19-20,22-23,27,30-31H,3-6,11-12,15-16,18,21,24-26H2,1-2H3,(H,40,44)(H,46,47). The van der Waals surface area contributed by atoms with Gasteiger partial charge in [0.2, 0.25) is 11.8 Å². The average Bonchev–Trinajstić information content (AvgIpc) is 3.11. The van der Waals surface area contributed by atoms with Crippen molar-refractivity contribution in [1.82, 2.24) is 20.2 Å². The third-order valence-corrected chi connectivity index (χ3v) is 9.95. The molecule has 0 spiro atoms. The quantitative estimate of drug-likeness (QED) is 0.198. The second-order valence-corrected chi connectivity index (χ2v) is 13.3. The van der Waals surface area contributed by atoms with Gasteiger partial charge in [-0.1, -0.05) is 75.1 Å². The van der Waals surface area contributed by atoms with Gasteiger partial charge in [-0.15, -0.1) is 0 Å². The van der Waals surface area contributed by atoms with Crippen molar-refractivity contribution in [3.8, 4) is 17.1 Å². The van der Waals surface area contributed by atoms with Gasteiger partial charge in [0, 0.05) is 30.1 Å². The van der Waals surface area contributed by atoms with Crippen molar-refractivity contribution < 1.29 is 24.2 Å². The first kappa shape index (κ1) is 34.8. The summed E-state index contributed by atoms with van der Waals surface area (Å²) >= 11 is 0. The average molecular weight is 653 g/mol. The molecule has 0 aliphatic heterocycles. The van der Waals surface area contributed by atoms with E-state index in [4.69, 9.17) is 4.74 Å². The van der Waals surface area contributed by atoms with E-state index in [0.29, 0.717) is 11.6 Å². The van der Waals surface area contributed by atoms with Crippen LogP contribution in [0, 0.1) is 17.8 Å². The van der Waals surface area contributed by atoms with Gasteiger partial charge in [0.15, 0.2) is 5.82 Å². The number of methoxy groups -OCH3 is 1. The molecule has 0 radical (unpaired) electrons. The lowest BCUT2D eigenvalue weighted by Crippen LogP contribution is -2.42. The van der Waals surface area contributed by atoms with Crippen LogP contribution < -0.4 is 10.1 Å². The Hall–Kier alpha value is -4.53. The Bertz CT molecular complexity index is 1540. The third-order valence-electron chi connectivity index (χ3n) is 9.95. The maximum Gasteiger partial charge on any atom is 0.323 e. The predicted molar refractivity (Wildman–Crippen MR) is 186 cm³/mol. The minimum atomic E-state index is -1.13. The number of aliphatic carboxylic acids is 1. The second-order valence-electron chi connectivity index (χ2n) is 13.3. The highest BCUT2D eigenvalue weighted by Gasteiger charge is 2.28. The zero-order valence-corrected chi connectivity index (χ0v) is 28.2. The zero-order valence-electron chi connectivity index (χ0n) is 28.2. The SMILES string of the molecule is CCCC1CCC(C2CC=C(c3cnc(-c4ccc(CN(CC(=O)O)C(=O)CNC(=O)Cc5ccc(OC)cc5)cc4)nc3)CC2)CC1. The lowest BCUT2D eigenvalue weighted by Gasteiger charge is -2.35. The Balaban J connectivity index is 1.12. The first-order valence-corrected chi connectivity index (χ1v) is 17.3. The molecule has 5 rings (SSSR count). The van der Waals surface area contributed by atoms with Gasteiger partial charge in [-0.25, -0.2) is 9.97 Å². The number of carbonyl (C=O) groups is 3. The molecular weight excluding hydrogens is 604 g/mol. The molecular formula is C39H48N4O5. The summed E-state index contributed by atoms with van der Waals surface area (Å²) in [6, 6.07) is 14.5. The molecule has 0 saturated heterocycles. The van der Waals surface area contributed by atoms with Gasteiger partial charge >= 0.3 is 5.97 Å². The molecule has 9 heteroatoms. The molecule has 2 aromatic carbocycles. The molecule has 3 aromatic rings. The summed E-state index contributed by atoms with van der Waals surface area (Å²) in [4.78, 5) is 47.4. The highest BCUT2D eigenvalue weighted by molar-refractivity contribution is 5.87. The number of carboxylic acid groups (broad SMARTS) is 1. The van der Waals surface area contributed by atoms with Gasteiger partial charge in [0.1, 0.15) is 12.3 Å². The van der Waals surface area contributed by atoms with Crippen molar-refractivity contribution in [2.24, 2.45) is 17.8 Å². The van der Waals surface area contributed by atoms with Crippen molar-refractivity contribution in [2.45, 2.75) is 77.7 Å². The number of amides is 2. The molecule has 1 heterocycles. The lowest BCUT2D eigenvalue weighted by molar-refractivity contribution is -0.144. The van der Waals surface area contributed by atoms with E-state index in [9.17, 15) is 19.5 Å². The predicted octanol–water partition coefficient (Wildman–Crippen LogP) is 6.71. The maximum atomic E-state index is 12.9. The summed E-state index contributed by atoms with van der Waals surface area (Å²) in [7, 11) is 1.57. The number of allylic oxidation sites excluding steroid dienone is 2. The van der Waals surface area contributed by atoms with E-state index in [1.54, 1.807) is 31.4 Å². The topological polar surface area (TPSA) is 122 Å². The lowest BCUT2D eigenvalue weighted by atomic mass is 9.70. The Morgan fingerprint density at radius 3 is 2.19 bits per heavy atom. The number of hydrogen-bond donors (Lipinski definition) is 2. The molecule has 9 nitrogen and oxygen atoms in total. The van der Waals surface area contributed by atoms with Gasteiger partial charge in [-0.05, 0) is 78.7 Å². The second kappa shape index (κ2) is 17.0. The largest absolute Gasteiger partial charge is 0.497 e. The van der Waals surface area contributed by atoms with Gasteiger partial charge in [-0.2, -0.15) is 0 Å². The first-order valence-electron chi connectivity index (χ1n) is 17.3. The fourth-order valence-electron chi connectivity index (χ4n) is 7.20. The summed E-state index contributed by atoms with van der Waals surface area (Å²) in [5.74, 6) is 1.99. The van der Waals surface area contributed by atoms with Crippen molar-refractivity contribution in [2.75, 3.05) is 20.2 Å². The summed E-state index contributed by atoms with van der Waals surface area (Å²) in [5, 5.41) is 12.0. The number of hydrogen-bond acceptors (Lipinski definition) is 6. The molecule has 48 heavy (non-hydrogen) atoms. The van der Waals surface area contributed by atoms with Gasteiger partial charge in [-0.3, -0.25) is 14.4 Å². The Morgan fingerprint density at radius 2 is 1.58 bits per heavy atom. The molecule has 2 amide bonds. The monoisotopic (exact) mass is 652 g/mol. The number of nitrogens with one attached hydrogen (secondary N) is 1. The molecule has 1 aromatic heterocycles. The Labute approximate surface area is 283 Å². The molecule has 1 saturated carbocycles. The summed E-state index contributed by atoms with van der Waals surface area (Å²) in [5.41, 5.74) is 4.79. The molecule has 1 atom stereocenters. The molecule has 0 bridgehead atoms. The van der Waals surface area contributed by atoms with Crippen molar-refractivity contribution >= 4 is 23.4 Å². The highest BCUT2D eigenvalue weighted by atomic mass is 16.5. The number of rotatable bonds is 14. The molecule has 2 aliphatic rings. The van der Waals surface area contributed by atoms with Gasteiger partial charge in [0.05, 0.1) is 20.1 Å². The smallest absolute Gasteiger partial charge is 0.323 e. The number of aromatic nitrogens is 2. The van der Waals surface area contributed by atoms with Crippen molar-refractivity contribution in [3.05, 3.63) is 83.7 Å². The fraction of sp³-hybridized carbons (Fsp3) is 0.462. The molecule has 2 N–H and O–H groups in total. The van der Waals surface area contributed by atoms with E-state index in [1.165, 1.54) is 55.4 Å². The molecule has 1 unspecified atom stereocenters. The van der Waals surface area contributed by atoms with Crippen LogP contribution in [0.1, 0.15) is 81.4 Å². The number of benzene rings is 2. The minimum Gasteiger partial charge on any atom is -0.497 e. The van der Waals surface area contributed by atoms with E-state index in [0.717, 1.165) is 52.8 Å². The van der Waals surface area contributed by atoms with Gasteiger partial charge < -0.3 is 20.1 Å². The number of carbonyl (C=O) groups excluding carboxylic acids is 2. The van der Waals surface area contributed by atoms with Crippen LogP contribution in [0.25, 0.3) is 17.0 Å². The summed E-state index contributed by atoms with van der Waals surface area (Å²) in [6.45, 7) is 1.62. The van der Waals surface area contributed by atoms with E-state index < -0.39 is 18.4 Å². The maximum absolute atomic E-state index is 12.9. The Kier molecular flexibility index (Phi) is 12.4. The highest BCUT2D eigenvalue weighted by Crippen LogP contribution is 2.42. The van der Waals surface area contributed by atoms with Crippen molar-refractivity contribution in [3.63, 3.8) is 0 Å². The van der Waals surface area contributed by atoms with Crippen LogP contribution in [0.15, 0.2) is 67.0 Å². The van der Waals surface area contributed by atoms with Crippen molar-refractivity contribution in [1.29, 1.82) is 0 Å². The number of carboxylic acids is 1. The van der Waals surface area contributed by atoms with Gasteiger partial charge in [0.25, 0.3) is 0 Å². The summed E-state index contributed by atoms with van der Waals surface area (Å²) < 4.78 is 5.13. The van der Waals surface area contributed by atoms with Crippen LogP contribution in [-0.4, -0.2) is 58.0 Å². The van der Waals surface area contributed by atoms with Crippen LogP contribution in [0.3, 0.4) is 0 Å². The normalized spacial score (nSPS) is 19.2. The van der Waals surface area contributed by atoms with Crippen LogP contribution in [0.4, 0.5) is 0 Å². The van der Waals surface area contributed by atoms with Crippen LogP contribution in [-0.2, 0) is 27.3 Å². The van der Waals surface area contributed by atoms with E-state index in [2.05, 4.69) is 28.3 Å². The summed E-state index contributed by atoms with van der Waals surface area (Å²) in [6.07, 6.45) is 18.1. The fourth-order valence-corrected chi connectivity index (χ4v) is 7.20. The van der Waals surface area contributed by atoms with Crippen LogP contribution in [0.2, 0.25) is 0 Å². The van der Waals surface area contributed by atoms with Crippen LogP contribution in [0.5, 0.6) is 5.75 Å². The van der Waals surface area contributed by atoms with Crippen LogP contribution >= 0.6 is 0 Å². The molecule has 1 fully saturated rings. The zero-order chi connectivity index (χ0) is 33.9. The number of ether oxygens (including phenoxy) is 1. The minimum absolute atomic E-state index is 0.0921. The molecule has 2 aliphatic carbocycles. The number of nitrogens with zero attached hydrogens (tertiary/aromatic N) is 3. The first-order chi connectivity index (χ1) is 23.3. The third kappa shape index (κ3) is 9.75. The molecule has 254 valence electrons. The van der Waals surface area contributed by atoms with E-state index in [1.807, 2.05) is 36.7 Å². The van der Waals surface area contributed by atoms with E-state index >= 15 is 0 Å². The Morgan fingerprint density at radius 1 is 0.896 bits per heavy atom. The van der Waals surface area contributed by atoms with E-state index in [-0.39, 0.29) is 25.4 Å².